The number of rotatable bonds is 7. The molecule has 0 saturated carbocycles. The quantitative estimate of drug-likeness (QED) is 0.791. The van der Waals surface area contributed by atoms with Crippen molar-refractivity contribution in [2.24, 2.45) is 0 Å². The monoisotopic (exact) mass is 276 g/mol. The number of aromatic nitrogens is 6. The molecule has 0 aliphatic rings. The topological polar surface area (TPSA) is 93.4 Å². The summed E-state index contributed by atoms with van der Waals surface area (Å²) in [5.74, 6) is 1.53. The molecule has 0 spiro atoms. The largest absolute Gasteiger partial charge is 0.354 e. The molecule has 0 bridgehead atoms. The van der Waals surface area contributed by atoms with Gasteiger partial charge in [-0.2, -0.15) is 24.7 Å². The Morgan fingerprint density at radius 2 is 1.85 bits per heavy atom. The fourth-order valence-electron chi connectivity index (χ4n) is 1.76. The van der Waals surface area contributed by atoms with Crippen LogP contribution in [0.5, 0.6) is 0 Å². The van der Waals surface area contributed by atoms with E-state index in [0.717, 1.165) is 19.4 Å². The van der Waals surface area contributed by atoms with Crippen LogP contribution in [-0.4, -0.2) is 42.3 Å². The third-order valence-corrected chi connectivity index (χ3v) is 2.90. The first-order valence-corrected chi connectivity index (χ1v) is 6.88. The second kappa shape index (κ2) is 6.78. The maximum atomic E-state index is 4.38. The van der Waals surface area contributed by atoms with E-state index in [4.69, 9.17) is 0 Å². The Morgan fingerprint density at radius 1 is 1.10 bits per heavy atom. The number of hydrogen-bond donors (Lipinski definition) is 2. The molecule has 2 aromatic heterocycles. The fraction of sp³-hybridized carbons (Fsp3) is 0.583. The first kappa shape index (κ1) is 14.2. The van der Waals surface area contributed by atoms with Crippen LogP contribution in [-0.2, 0) is 0 Å². The van der Waals surface area contributed by atoms with Crippen molar-refractivity contribution in [2.75, 3.05) is 17.2 Å². The van der Waals surface area contributed by atoms with Crippen molar-refractivity contribution in [1.29, 1.82) is 0 Å². The van der Waals surface area contributed by atoms with Gasteiger partial charge in [-0.05, 0) is 19.8 Å². The van der Waals surface area contributed by atoms with Gasteiger partial charge in [-0.15, -0.1) is 0 Å². The Kier molecular flexibility index (Phi) is 4.80. The van der Waals surface area contributed by atoms with Crippen molar-refractivity contribution in [3.8, 4) is 5.95 Å². The average Bonchev–Trinajstić information content (AvgIpc) is 2.99. The molecule has 2 heterocycles. The van der Waals surface area contributed by atoms with Crippen LogP contribution in [0.3, 0.4) is 0 Å². The van der Waals surface area contributed by atoms with Gasteiger partial charge in [0.1, 0.15) is 12.7 Å². The third-order valence-electron chi connectivity index (χ3n) is 2.90. The zero-order chi connectivity index (χ0) is 14.4. The van der Waals surface area contributed by atoms with E-state index in [1.807, 2.05) is 6.92 Å². The smallest absolute Gasteiger partial charge is 0.258 e. The molecule has 8 heteroatoms. The number of nitrogens with zero attached hydrogens (tertiary/aromatic N) is 6. The van der Waals surface area contributed by atoms with Gasteiger partial charge in [0.05, 0.1) is 0 Å². The van der Waals surface area contributed by atoms with Crippen LogP contribution in [0.2, 0.25) is 0 Å². The summed E-state index contributed by atoms with van der Waals surface area (Å²) in [6.45, 7) is 7.00. The van der Waals surface area contributed by atoms with E-state index in [1.165, 1.54) is 11.0 Å². The minimum Gasteiger partial charge on any atom is -0.354 e. The van der Waals surface area contributed by atoms with E-state index in [-0.39, 0.29) is 0 Å². The predicted octanol–water partition coefficient (Wildman–Crippen LogP) is 1.48. The van der Waals surface area contributed by atoms with Gasteiger partial charge in [-0.1, -0.05) is 13.8 Å². The van der Waals surface area contributed by atoms with Gasteiger partial charge >= 0.3 is 0 Å². The lowest BCUT2D eigenvalue weighted by molar-refractivity contribution is 0.661. The summed E-state index contributed by atoms with van der Waals surface area (Å²) in [4.78, 5) is 17.0. The van der Waals surface area contributed by atoms with Gasteiger partial charge in [-0.25, -0.2) is 4.98 Å². The predicted molar refractivity (Wildman–Crippen MR) is 76.9 cm³/mol. The maximum absolute atomic E-state index is 4.38. The summed E-state index contributed by atoms with van der Waals surface area (Å²) in [5, 5.41) is 10.5. The highest BCUT2D eigenvalue weighted by Crippen LogP contribution is 2.11. The van der Waals surface area contributed by atoms with Crippen molar-refractivity contribution in [3.05, 3.63) is 12.7 Å². The molecular formula is C12H20N8. The highest BCUT2D eigenvalue weighted by atomic mass is 15.4. The maximum Gasteiger partial charge on any atom is 0.258 e. The van der Waals surface area contributed by atoms with Crippen LogP contribution < -0.4 is 10.6 Å². The zero-order valence-electron chi connectivity index (χ0n) is 12.0. The van der Waals surface area contributed by atoms with Crippen molar-refractivity contribution < 1.29 is 0 Å². The van der Waals surface area contributed by atoms with Crippen molar-refractivity contribution in [3.63, 3.8) is 0 Å². The van der Waals surface area contributed by atoms with E-state index >= 15 is 0 Å². The molecule has 0 aliphatic heterocycles. The highest BCUT2D eigenvalue weighted by molar-refractivity contribution is 5.38. The normalized spacial score (nSPS) is 10.8. The van der Waals surface area contributed by atoms with Crippen LogP contribution >= 0.6 is 0 Å². The molecule has 0 fully saturated rings. The van der Waals surface area contributed by atoms with E-state index < -0.39 is 0 Å². The van der Waals surface area contributed by atoms with Crippen molar-refractivity contribution >= 4 is 11.9 Å². The van der Waals surface area contributed by atoms with E-state index in [1.54, 1.807) is 6.33 Å². The van der Waals surface area contributed by atoms with E-state index in [9.17, 15) is 0 Å². The number of hydrogen-bond acceptors (Lipinski definition) is 7. The SMILES string of the molecule is CCNc1nc(NC(CC)CC)nc(-n2cncn2)n1. The standard InChI is InChI=1S/C12H20N8/c1-4-9(5-2)16-11-17-10(14-6-3)18-12(19-11)20-8-13-7-15-20/h7-9H,4-6H2,1-3H3,(H2,14,16,17,18,19). The first-order valence-electron chi connectivity index (χ1n) is 6.88. The molecule has 2 rings (SSSR count). The molecule has 0 saturated heterocycles. The molecule has 108 valence electrons. The van der Waals surface area contributed by atoms with E-state index in [2.05, 4.69) is 49.5 Å². The summed E-state index contributed by atoms with van der Waals surface area (Å²) in [5.41, 5.74) is 0. The molecule has 0 unspecified atom stereocenters. The first-order chi connectivity index (χ1) is 9.76. The summed E-state index contributed by atoms with van der Waals surface area (Å²) in [7, 11) is 0. The number of nitrogens with one attached hydrogen (secondary N) is 2. The molecule has 2 N–H and O–H groups in total. The molecular weight excluding hydrogens is 256 g/mol. The lowest BCUT2D eigenvalue weighted by Crippen LogP contribution is -2.20. The lowest BCUT2D eigenvalue weighted by atomic mass is 10.2. The Morgan fingerprint density at radius 3 is 2.45 bits per heavy atom. The molecule has 0 amide bonds. The van der Waals surface area contributed by atoms with E-state index in [0.29, 0.717) is 23.9 Å². The van der Waals surface area contributed by atoms with Crippen molar-refractivity contribution in [1.82, 2.24) is 29.7 Å². The average molecular weight is 276 g/mol. The van der Waals surface area contributed by atoms with Crippen LogP contribution in [0.25, 0.3) is 5.95 Å². The van der Waals surface area contributed by atoms with Gasteiger partial charge in [0.2, 0.25) is 11.9 Å². The summed E-state index contributed by atoms with van der Waals surface area (Å²) in [6.07, 6.45) is 5.03. The fourth-order valence-corrected chi connectivity index (χ4v) is 1.76. The van der Waals surface area contributed by atoms with Crippen LogP contribution in [0.1, 0.15) is 33.6 Å². The summed E-state index contributed by atoms with van der Waals surface area (Å²) < 4.78 is 1.51. The van der Waals surface area contributed by atoms with Gasteiger partial charge in [0.15, 0.2) is 0 Å². The Balaban J connectivity index is 2.31. The molecule has 20 heavy (non-hydrogen) atoms. The van der Waals surface area contributed by atoms with Gasteiger partial charge in [0.25, 0.3) is 5.95 Å². The van der Waals surface area contributed by atoms with Gasteiger partial charge in [0, 0.05) is 12.6 Å². The lowest BCUT2D eigenvalue weighted by Gasteiger charge is -2.15. The molecule has 0 atom stereocenters. The minimum absolute atomic E-state index is 0.343. The second-order valence-corrected chi connectivity index (χ2v) is 4.31. The Labute approximate surface area is 118 Å². The van der Waals surface area contributed by atoms with Gasteiger partial charge in [-0.3, -0.25) is 0 Å². The molecule has 0 aliphatic carbocycles. The molecule has 8 nitrogen and oxygen atoms in total. The van der Waals surface area contributed by atoms with Gasteiger partial charge < -0.3 is 10.6 Å². The molecule has 2 aromatic rings. The highest BCUT2D eigenvalue weighted by Gasteiger charge is 2.11. The van der Waals surface area contributed by atoms with Crippen LogP contribution in [0, 0.1) is 0 Å². The summed E-state index contributed by atoms with van der Waals surface area (Å²) >= 11 is 0. The third kappa shape index (κ3) is 3.40. The Bertz CT molecular complexity index is 520. The van der Waals surface area contributed by atoms with Crippen molar-refractivity contribution in [2.45, 2.75) is 39.7 Å². The summed E-state index contributed by atoms with van der Waals surface area (Å²) in [6, 6.07) is 0.343. The van der Waals surface area contributed by atoms with Crippen LogP contribution in [0.4, 0.5) is 11.9 Å². The molecule has 0 radical (unpaired) electrons. The number of anilines is 2. The molecule has 0 aromatic carbocycles. The zero-order valence-corrected chi connectivity index (χ0v) is 12.0. The second-order valence-electron chi connectivity index (χ2n) is 4.31. The minimum atomic E-state index is 0.343. The van der Waals surface area contributed by atoms with Crippen LogP contribution in [0.15, 0.2) is 12.7 Å². The Hall–Kier alpha value is -2.25.